The number of hydrogen-bond acceptors (Lipinski definition) is 1. The van der Waals surface area contributed by atoms with Crippen LogP contribution >= 0.6 is 59.4 Å². The highest BCUT2D eigenvalue weighted by Crippen LogP contribution is 2.34. The van der Waals surface area contributed by atoms with E-state index in [9.17, 15) is 4.39 Å². The molecule has 2 nitrogen and oxygen atoms in total. The average molecular weight is 497 g/mol. The minimum atomic E-state index is -0.348. The molecule has 3 rings (SSSR count). The van der Waals surface area contributed by atoms with Gasteiger partial charge in [0.2, 0.25) is 0 Å². The number of aromatic nitrogens is 2. The van der Waals surface area contributed by atoms with Crippen molar-refractivity contribution in [3.05, 3.63) is 55.4 Å². The van der Waals surface area contributed by atoms with Crippen LogP contribution in [0.3, 0.4) is 0 Å². The molecule has 0 N–H and O–H groups in total. The predicted octanol–water partition coefficient (Wildman–Crippen LogP) is 6.19. The molecular weight excluding hydrogens is 490 g/mol. The highest BCUT2D eigenvalue weighted by atomic mass is 79.9. The van der Waals surface area contributed by atoms with Crippen LogP contribution in [0, 0.1) is 5.82 Å². The lowest BCUT2D eigenvalue weighted by atomic mass is 10.2. The van der Waals surface area contributed by atoms with Gasteiger partial charge in [-0.3, -0.25) is 4.57 Å². The summed E-state index contributed by atoms with van der Waals surface area (Å²) in [6.07, 6.45) is 0. The summed E-state index contributed by atoms with van der Waals surface area (Å²) < 4.78 is 17.8. The van der Waals surface area contributed by atoms with Crippen LogP contribution in [-0.4, -0.2) is 9.55 Å². The van der Waals surface area contributed by atoms with Gasteiger partial charge in [0.05, 0.1) is 27.1 Å². The summed E-state index contributed by atoms with van der Waals surface area (Å²) in [5, 5.41) is 0. The van der Waals surface area contributed by atoms with E-state index in [4.69, 9.17) is 11.6 Å². The van der Waals surface area contributed by atoms with E-state index >= 15 is 0 Å². The molecular formula is C14H7Br3ClFN2. The normalized spacial score (nSPS) is 11.3. The van der Waals surface area contributed by atoms with Crippen molar-refractivity contribution in [2.24, 2.45) is 0 Å². The Morgan fingerprint density at radius 1 is 1.10 bits per heavy atom. The van der Waals surface area contributed by atoms with Crippen molar-refractivity contribution >= 4 is 70.4 Å². The van der Waals surface area contributed by atoms with Gasteiger partial charge in [-0.25, -0.2) is 9.37 Å². The van der Waals surface area contributed by atoms with E-state index in [-0.39, 0.29) is 11.7 Å². The molecule has 1 heterocycles. The first-order valence-electron chi connectivity index (χ1n) is 5.89. The second-order valence-corrected chi connectivity index (χ2v) is 7.15. The van der Waals surface area contributed by atoms with Crippen molar-refractivity contribution in [2.75, 3.05) is 0 Å². The molecule has 2 aromatic carbocycles. The number of benzene rings is 2. The Morgan fingerprint density at radius 3 is 2.38 bits per heavy atom. The number of imidazole rings is 1. The Bertz CT molecular complexity index is 828. The molecule has 0 atom stereocenters. The number of hydrogen-bond donors (Lipinski definition) is 0. The second-order valence-electron chi connectivity index (χ2n) is 4.32. The van der Waals surface area contributed by atoms with E-state index in [1.54, 1.807) is 6.07 Å². The van der Waals surface area contributed by atoms with E-state index < -0.39 is 0 Å². The van der Waals surface area contributed by atoms with Crippen LogP contribution < -0.4 is 0 Å². The van der Waals surface area contributed by atoms with Crippen molar-refractivity contribution in [3.8, 4) is 5.69 Å². The minimum Gasteiger partial charge on any atom is -0.293 e. The first kappa shape index (κ1) is 15.5. The number of para-hydroxylation sites is 1. The molecule has 0 saturated heterocycles. The Balaban J connectivity index is 2.43. The summed E-state index contributed by atoms with van der Waals surface area (Å²) >= 11 is 16.3. The topological polar surface area (TPSA) is 17.8 Å². The lowest BCUT2D eigenvalue weighted by Gasteiger charge is -2.12. The molecule has 0 unspecified atom stereocenters. The Hall–Kier alpha value is -0.430. The number of alkyl halides is 1. The van der Waals surface area contributed by atoms with Gasteiger partial charge in [-0.05, 0) is 66.0 Å². The lowest BCUT2D eigenvalue weighted by molar-refractivity contribution is 0.623. The summed E-state index contributed by atoms with van der Waals surface area (Å²) in [7, 11) is 0. The molecule has 0 aliphatic rings. The number of nitrogens with zero attached hydrogens (tertiary/aromatic N) is 2. The summed E-state index contributed by atoms with van der Waals surface area (Å²) in [5.74, 6) is 0.526. The van der Waals surface area contributed by atoms with Crippen LogP contribution in [0.1, 0.15) is 5.82 Å². The maximum absolute atomic E-state index is 13.7. The zero-order valence-corrected chi connectivity index (χ0v) is 15.9. The zero-order valence-electron chi connectivity index (χ0n) is 10.4. The van der Waals surface area contributed by atoms with Crippen molar-refractivity contribution < 1.29 is 4.39 Å². The Labute approximate surface area is 150 Å². The van der Waals surface area contributed by atoms with E-state index in [1.165, 1.54) is 6.07 Å². The lowest BCUT2D eigenvalue weighted by Crippen LogP contribution is -2.01. The van der Waals surface area contributed by atoms with Crippen molar-refractivity contribution in [3.63, 3.8) is 0 Å². The number of halogens is 5. The van der Waals surface area contributed by atoms with E-state index in [1.807, 2.05) is 22.8 Å². The molecule has 0 amide bonds. The van der Waals surface area contributed by atoms with Crippen molar-refractivity contribution in [1.82, 2.24) is 9.55 Å². The van der Waals surface area contributed by atoms with E-state index in [0.29, 0.717) is 15.8 Å². The van der Waals surface area contributed by atoms with Gasteiger partial charge in [0, 0.05) is 15.0 Å². The van der Waals surface area contributed by atoms with Crippen LogP contribution in [0.15, 0.2) is 43.7 Å². The second kappa shape index (κ2) is 5.99. The molecule has 108 valence electrons. The summed E-state index contributed by atoms with van der Waals surface area (Å²) in [4.78, 5) is 4.42. The van der Waals surface area contributed by atoms with Gasteiger partial charge in [0.1, 0.15) is 11.6 Å². The van der Waals surface area contributed by atoms with Crippen molar-refractivity contribution in [2.45, 2.75) is 5.88 Å². The fourth-order valence-electron chi connectivity index (χ4n) is 2.16. The molecule has 0 fully saturated rings. The van der Waals surface area contributed by atoms with Gasteiger partial charge in [0.25, 0.3) is 0 Å². The fourth-order valence-corrected chi connectivity index (χ4v) is 4.03. The maximum atomic E-state index is 13.7. The summed E-state index contributed by atoms with van der Waals surface area (Å²) in [6.45, 7) is 0. The third-order valence-electron chi connectivity index (χ3n) is 3.05. The standard InChI is InChI=1S/C14H7Br3ClFN2/c15-7-2-1-3-8(16)14(7)21-12-4-9(17)10(19)5-11(12)20-13(21)6-18/h1-5H,6H2. The molecule has 7 heteroatoms. The Kier molecular flexibility index (Phi) is 4.41. The molecule has 0 aliphatic carbocycles. The highest BCUT2D eigenvalue weighted by molar-refractivity contribution is 9.11. The molecule has 21 heavy (non-hydrogen) atoms. The Morgan fingerprint density at radius 2 is 1.76 bits per heavy atom. The molecule has 0 saturated carbocycles. The fraction of sp³-hybridized carbons (Fsp3) is 0.0714. The van der Waals surface area contributed by atoms with E-state index in [0.717, 1.165) is 20.1 Å². The monoisotopic (exact) mass is 494 g/mol. The van der Waals surface area contributed by atoms with Gasteiger partial charge in [-0.2, -0.15) is 0 Å². The molecule has 0 radical (unpaired) electrons. The van der Waals surface area contributed by atoms with Gasteiger partial charge < -0.3 is 0 Å². The predicted molar refractivity (Wildman–Crippen MR) is 93.7 cm³/mol. The quantitative estimate of drug-likeness (QED) is 0.386. The first-order chi connectivity index (χ1) is 10.0. The van der Waals surface area contributed by atoms with Crippen molar-refractivity contribution in [1.29, 1.82) is 0 Å². The third-order valence-corrected chi connectivity index (χ3v) is 5.17. The number of rotatable bonds is 2. The number of fused-ring (bicyclic) bond motifs is 1. The van der Waals surface area contributed by atoms with Crippen LogP contribution in [0.25, 0.3) is 16.7 Å². The van der Waals surface area contributed by atoms with Gasteiger partial charge >= 0.3 is 0 Å². The largest absolute Gasteiger partial charge is 0.293 e. The van der Waals surface area contributed by atoms with Gasteiger partial charge in [-0.1, -0.05) is 6.07 Å². The SMILES string of the molecule is Fc1cc2nc(CCl)n(-c3c(Br)cccc3Br)c2cc1Br. The van der Waals surface area contributed by atoms with Crippen LogP contribution in [0.5, 0.6) is 0 Å². The molecule has 0 spiro atoms. The molecule has 0 aliphatic heterocycles. The van der Waals surface area contributed by atoms with Crippen LogP contribution in [0.4, 0.5) is 4.39 Å². The molecule has 3 aromatic rings. The molecule has 1 aromatic heterocycles. The van der Waals surface area contributed by atoms with Crippen LogP contribution in [0.2, 0.25) is 0 Å². The summed E-state index contributed by atoms with van der Waals surface area (Å²) in [6, 6.07) is 8.90. The van der Waals surface area contributed by atoms with E-state index in [2.05, 4.69) is 52.8 Å². The van der Waals surface area contributed by atoms with Gasteiger partial charge in [0.15, 0.2) is 0 Å². The zero-order chi connectivity index (χ0) is 15.1. The maximum Gasteiger partial charge on any atom is 0.139 e. The smallest absolute Gasteiger partial charge is 0.139 e. The third kappa shape index (κ3) is 2.67. The van der Waals surface area contributed by atoms with Crippen LogP contribution in [-0.2, 0) is 5.88 Å². The first-order valence-corrected chi connectivity index (χ1v) is 8.81. The summed E-state index contributed by atoms with van der Waals surface area (Å²) in [5.41, 5.74) is 2.23. The average Bonchev–Trinajstić information content (AvgIpc) is 2.77. The minimum absolute atomic E-state index is 0.224. The molecule has 0 bridgehead atoms. The van der Waals surface area contributed by atoms with Gasteiger partial charge in [-0.15, -0.1) is 11.6 Å². The highest BCUT2D eigenvalue weighted by Gasteiger charge is 2.17.